The van der Waals surface area contributed by atoms with Crippen molar-refractivity contribution in [2.24, 2.45) is 16.9 Å². The summed E-state index contributed by atoms with van der Waals surface area (Å²) in [6.45, 7) is 1.61. The van der Waals surface area contributed by atoms with Crippen molar-refractivity contribution in [3.05, 3.63) is 23.1 Å². The molecule has 3 N–H and O–H groups in total. The van der Waals surface area contributed by atoms with E-state index in [1.54, 1.807) is 13.0 Å². The number of hydrazone groups is 1. The first-order chi connectivity index (χ1) is 5.96. The lowest BCUT2D eigenvalue weighted by Crippen LogP contribution is -2.20. The lowest BCUT2D eigenvalue weighted by Gasteiger charge is -2.15. The topological polar surface area (TPSA) is 92.8 Å². The van der Waals surface area contributed by atoms with Crippen LogP contribution in [0.1, 0.15) is 6.92 Å². The third-order valence-corrected chi connectivity index (χ3v) is 2.93. The maximum absolute atomic E-state index is 10.8. The average molecular weight is 202 g/mol. The highest BCUT2D eigenvalue weighted by molar-refractivity contribution is 7.89. The summed E-state index contributed by atoms with van der Waals surface area (Å²) in [5, 5.41) is 3.41. The van der Waals surface area contributed by atoms with E-state index in [1.807, 2.05) is 0 Å². The second-order valence-electron chi connectivity index (χ2n) is 2.68. The molecule has 1 aliphatic carbocycles. The van der Waals surface area contributed by atoms with Gasteiger partial charge in [-0.2, -0.15) is 13.5 Å². The largest absolute Gasteiger partial charge is 0.323 e. The van der Waals surface area contributed by atoms with E-state index >= 15 is 0 Å². The summed E-state index contributed by atoms with van der Waals surface area (Å²) in [4.78, 5) is -0.0841. The van der Waals surface area contributed by atoms with Gasteiger partial charge in [0.2, 0.25) is 0 Å². The molecule has 1 atom stereocenters. The molecule has 5 nitrogen and oxygen atoms in total. The van der Waals surface area contributed by atoms with Gasteiger partial charge in [0, 0.05) is 5.92 Å². The summed E-state index contributed by atoms with van der Waals surface area (Å²) >= 11 is 0. The van der Waals surface area contributed by atoms with Gasteiger partial charge in [-0.1, -0.05) is 13.0 Å². The summed E-state index contributed by atoms with van der Waals surface area (Å²) < 4.78 is 30.4. The third-order valence-electron chi connectivity index (χ3n) is 1.84. The Morgan fingerprint density at radius 2 is 2.23 bits per heavy atom. The molecule has 0 fully saturated rings. The van der Waals surface area contributed by atoms with Crippen LogP contribution in [0.3, 0.4) is 0 Å². The van der Waals surface area contributed by atoms with E-state index in [0.717, 1.165) is 0 Å². The highest BCUT2D eigenvalue weighted by atomic mass is 32.2. The van der Waals surface area contributed by atoms with E-state index in [2.05, 4.69) is 5.10 Å². The molecule has 72 valence electrons. The monoisotopic (exact) mass is 202 g/mol. The van der Waals surface area contributed by atoms with Crippen LogP contribution >= 0.6 is 0 Å². The van der Waals surface area contributed by atoms with Gasteiger partial charge >= 0.3 is 0 Å². The van der Waals surface area contributed by atoms with E-state index in [9.17, 15) is 8.42 Å². The van der Waals surface area contributed by atoms with Crippen LogP contribution in [0.4, 0.5) is 0 Å². The van der Waals surface area contributed by atoms with Gasteiger partial charge in [0.05, 0.1) is 10.6 Å². The van der Waals surface area contributed by atoms with Crippen LogP contribution in [0.5, 0.6) is 0 Å². The van der Waals surface area contributed by atoms with Crippen LogP contribution in [0.2, 0.25) is 0 Å². The Labute approximate surface area is 76.4 Å². The Morgan fingerprint density at radius 3 is 2.69 bits per heavy atom. The van der Waals surface area contributed by atoms with Gasteiger partial charge < -0.3 is 5.84 Å². The van der Waals surface area contributed by atoms with Crippen molar-refractivity contribution in [2.75, 3.05) is 0 Å². The molecule has 1 rings (SSSR count). The van der Waals surface area contributed by atoms with E-state index < -0.39 is 16.0 Å². The predicted octanol–water partition coefficient (Wildman–Crippen LogP) is 0.279. The summed E-state index contributed by atoms with van der Waals surface area (Å²) in [6.07, 6.45) is 4.41. The summed E-state index contributed by atoms with van der Waals surface area (Å²) in [7, 11) is -4.14. The molecule has 0 aromatic rings. The van der Waals surface area contributed by atoms with Crippen LogP contribution < -0.4 is 5.84 Å². The maximum Gasteiger partial charge on any atom is 0.291 e. The number of rotatable bonds is 1. The van der Waals surface area contributed by atoms with E-state index in [1.165, 1.54) is 12.2 Å². The van der Waals surface area contributed by atoms with Crippen LogP contribution in [-0.4, -0.2) is 18.7 Å². The molecular weight excluding hydrogens is 192 g/mol. The van der Waals surface area contributed by atoms with Crippen LogP contribution in [0.15, 0.2) is 28.2 Å². The van der Waals surface area contributed by atoms with Crippen LogP contribution in [-0.2, 0) is 10.1 Å². The third kappa shape index (κ3) is 1.96. The average Bonchev–Trinajstić information content (AvgIpc) is 2.02. The van der Waals surface area contributed by atoms with Crippen LogP contribution in [0.25, 0.3) is 0 Å². The lowest BCUT2D eigenvalue weighted by atomic mass is 10.0. The van der Waals surface area contributed by atoms with Gasteiger partial charge in [-0.25, -0.2) is 0 Å². The first kappa shape index (κ1) is 9.94. The molecule has 0 saturated heterocycles. The molecule has 0 aromatic carbocycles. The van der Waals surface area contributed by atoms with Crippen molar-refractivity contribution in [1.82, 2.24) is 0 Å². The fraction of sp³-hybridized carbons (Fsp3) is 0.286. The van der Waals surface area contributed by atoms with Gasteiger partial charge in [-0.15, -0.1) is 0 Å². The number of hydrogen-bond donors (Lipinski definition) is 2. The van der Waals surface area contributed by atoms with Crippen molar-refractivity contribution in [3.63, 3.8) is 0 Å². The van der Waals surface area contributed by atoms with Gasteiger partial charge in [-0.05, 0) is 12.2 Å². The standard InChI is InChI=1S/C7H10N2O3S/c1-5-6(9-8)3-2-4-7(5)13(10,11)12/h2-5H,8H2,1H3,(H,10,11,12). The number of allylic oxidation sites excluding steroid dienone is 4. The molecule has 0 aromatic heterocycles. The molecule has 0 heterocycles. The fourth-order valence-corrected chi connectivity index (χ4v) is 1.96. The Balaban J connectivity index is 3.16. The van der Waals surface area contributed by atoms with Gasteiger partial charge in [0.1, 0.15) is 0 Å². The summed E-state index contributed by atoms with van der Waals surface area (Å²) in [6, 6.07) is 0. The zero-order valence-electron chi connectivity index (χ0n) is 7.01. The quantitative estimate of drug-likeness (QED) is 0.363. The Kier molecular flexibility index (Phi) is 2.53. The molecule has 0 bridgehead atoms. The molecule has 13 heavy (non-hydrogen) atoms. The van der Waals surface area contributed by atoms with E-state index in [-0.39, 0.29) is 4.91 Å². The number of nitrogens with two attached hydrogens (primary N) is 1. The zero-order chi connectivity index (χ0) is 10.1. The first-order valence-electron chi connectivity index (χ1n) is 3.60. The lowest BCUT2D eigenvalue weighted by molar-refractivity contribution is 0.487. The molecule has 1 unspecified atom stereocenters. The number of hydrogen-bond acceptors (Lipinski definition) is 4. The predicted molar refractivity (Wildman–Crippen MR) is 49.6 cm³/mol. The molecule has 0 radical (unpaired) electrons. The molecule has 6 heteroatoms. The minimum atomic E-state index is -4.14. The van der Waals surface area contributed by atoms with Crippen molar-refractivity contribution >= 4 is 15.8 Å². The van der Waals surface area contributed by atoms with Gasteiger partial charge in [0.25, 0.3) is 10.1 Å². The van der Waals surface area contributed by atoms with E-state index in [0.29, 0.717) is 5.71 Å². The second-order valence-corrected chi connectivity index (χ2v) is 4.10. The molecule has 0 amide bonds. The van der Waals surface area contributed by atoms with Gasteiger partial charge in [0.15, 0.2) is 0 Å². The van der Waals surface area contributed by atoms with E-state index in [4.69, 9.17) is 10.4 Å². The molecule has 1 aliphatic rings. The van der Waals surface area contributed by atoms with Gasteiger partial charge in [-0.3, -0.25) is 4.55 Å². The Morgan fingerprint density at radius 1 is 1.62 bits per heavy atom. The molecular formula is C7H10N2O3S. The fourth-order valence-electron chi connectivity index (χ4n) is 1.14. The normalized spacial score (nSPS) is 26.2. The van der Waals surface area contributed by atoms with Crippen molar-refractivity contribution in [3.8, 4) is 0 Å². The van der Waals surface area contributed by atoms with Crippen molar-refractivity contribution < 1.29 is 13.0 Å². The number of nitrogens with zero attached hydrogens (tertiary/aromatic N) is 1. The summed E-state index contributed by atoms with van der Waals surface area (Å²) in [5.74, 6) is 4.54. The molecule has 0 aliphatic heterocycles. The second kappa shape index (κ2) is 3.31. The minimum absolute atomic E-state index is 0.0841. The minimum Gasteiger partial charge on any atom is -0.323 e. The highest BCUT2D eigenvalue weighted by Gasteiger charge is 2.25. The molecule has 0 saturated carbocycles. The Bertz CT molecular complexity index is 392. The van der Waals surface area contributed by atoms with Crippen molar-refractivity contribution in [2.45, 2.75) is 6.92 Å². The summed E-state index contributed by atoms with van der Waals surface area (Å²) in [5.41, 5.74) is 0.426. The maximum atomic E-state index is 10.8. The zero-order valence-corrected chi connectivity index (χ0v) is 7.82. The first-order valence-corrected chi connectivity index (χ1v) is 5.04. The molecule has 0 spiro atoms. The smallest absolute Gasteiger partial charge is 0.291 e. The van der Waals surface area contributed by atoms with Crippen LogP contribution in [0, 0.1) is 5.92 Å². The Hall–Kier alpha value is -1.14. The van der Waals surface area contributed by atoms with Crippen molar-refractivity contribution in [1.29, 1.82) is 0 Å². The highest BCUT2D eigenvalue weighted by Crippen LogP contribution is 2.21. The SMILES string of the molecule is CC1C(S(=O)(=O)O)=CC=CC1=NN.